The summed E-state index contributed by atoms with van der Waals surface area (Å²) in [5.74, 6) is 0. The van der Waals surface area contributed by atoms with Gasteiger partial charge >= 0.3 is 5.52 Å². The SMILES string of the molecule is C=CC(=O)[P+](c1ccccc1)(c1ccccc1)c1ccccc1. The minimum atomic E-state index is -2.40. The van der Waals surface area contributed by atoms with Gasteiger partial charge in [0.05, 0.1) is 0 Å². The Morgan fingerprint density at radius 1 is 0.652 bits per heavy atom. The Morgan fingerprint density at radius 2 is 0.957 bits per heavy atom. The quantitative estimate of drug-likeness (QED) is 0.518. The topological polar surface area (TPSA) is 17.1 Å². The van der Waals surface area contributed by atoms with Crippen LogP contribution >= 0.6 is 7.26 Å². The van der Waals surface area contributed by atoms with Crippen molar-refractivity contribution in [2.75, 3.05) is 0 Å². The molecule has 0 saturated heterocycles. The van der Waals surface area contributed by atoms with E-state index in [1.54, 1.807) is 0 Å². The van der Waals surface area contributed by atoms with Gasteiger partial charge in [0.15, 0.2) is 7.26 Å². The second-order valence-electron chi connectivity index (χ2n) is 5.22. The molecule has 0 saturated carbocycles. The van der Waals surface area contributed by atoms with Gasteiger partial charge in [0, 0.05) is 6.08 Å². The summed E-state index contributed by atoms with van der Waals surface area (Å²) in [5.41, 5.74) is 0.0844. The van der Waals surface area contributed by atoms with Crippen molar-refractivity contribution in [2.24, 2.45) is 0 Å². The second kappa shape index (κ2) is 6.73. The van der Waals surface area contributed by atoms with Gasteiger partial charge in [0.1, 0.15) is 15.9 Å². The lowest BCUT2D eigenvalue weighted by atomic mass is 10.4. The predicted octanol–water partition coefficient (Wildman–Crippen LogP) is 3.69. The fourth-order valence-electron chi connectivity index (χ4n) is 2.92. The van der Waals surface area contributed by atoms with Gasteiger partial charge in [-0.05, 0) is 36.4 Å². The summed E-state index contributed by atoms with van der Waals surface area (Å²) in [7, 11) is -2.40. The summed E-state index contributed by atoms with van der Waals surface area (Å²) in [4.78, 5) is 13.2. The van der Waals surface area contributed by atoms with Crippen molar-refractivity contribution < 1.29 is 4.79 Å². The zero-order valence-corrected chi connectivity index (χ0v) is 13.7. The van der Waals surface area contributed by atoms with Crippen LogP contribution in [0, 0.1) is 0 Å². The lowest BCUT2D eigenvalue weighted by Gasteiger charge is -2.24. The summed E-state index contributed by atoms with van der Waals surface area (Å²) in [6.45, 7) is 3.78. The van der Waals surface area contributed by atoms with Crippen LogP contribution in [-0.4, -0.2) is 5.52 Å². The average molecular weight is 317 g/mol. The minimum Gasteiger partial charge on any atom is -0.247 e. The zero-order valence-electron chi connectivity index (χ0n) is 12.8. The highest BCUT2D eigenvalue weighted by molar-refractivity contribution is 8.08. The molecule has 2 heteroatoms. The van der Waals surface area contributed by atoms with Gasteiger partial charge in [-0.25, -0.2) is 4.79 Å². The second-order valence-corrected chi connectivity index (χ2v) is 8.55. The van der Waals surface area contributed by atoms with Crippen molar-refractivity contribution in [1.82, 2.24) is 0 Å². The van der Waals surface area contributed by atoms with Crippen molar-refractivity contribution in [3.63, 3.8) is 0 Å². The molecule has 0 amide bonds. The lowest BCUT2D eigenvalue weighted by molar-refractivity contribution is -0.107. The van der Waals surface area contributed by atoms with Crippen LogP contribution in [0.5, 0.6) is 0 Å². The first-order chi connectivity index (χ1) is 11.3. The van der Waals surface area contributed by atoms with Crippen LogP contribution < -0.4 is 15.9 Å². The number of allylic oxidation sites excluding steroid dienone is 1. The maximum absolute atomic E-state index is 13.2. The molecule has 3 aromatic rings. The molecule has 0 N–H and O–H groups in total. The van der Waals surface area contributed by atoms with Crippen LogP contribution in [0.4, 0.5) is 0 Å². The third-order valence-corrected chi connectivity index (χ3v) is 8.00. The fraction of sp³-hybridized carbons (Fsp3) is 0. The average Bonchev–Trinajstić information content (AvgIpc) is 2.65. The van der Waals surface area contributed by atoms with E-state index in [0.29, 0.717) is 0 Å². The molecule has 23 heavy (non-hydrogen) atoms. The Kier molecular flexibility index (Phi) is 4.50. The molecule has 0 spiro atoms. The van der Waals surface area contributed by atoms with E-state index in [1.165, 1.54) is 6.08 Å². The Balaban J connectivity index is 2.40. The van der Waals surface area contributed by atoms with Gasteiger partial charge in [-0.2, -0.15) is 0 Å². The van der Waals surface area contributed by atoms with Crippen molar-refractivity contribution in [1.29, 1.82) is 0 Å². The molecule has 1 nitrogen and oxygen atoms in total. The molecule has 3 rings (SSSR count). The van der Waals surface area contributed by atoms with E-state index >= 15 is 0 Å². The van der Waals surface area contributed by atoms with Crippen LogP contribution in [0.15, 0.2) is 104 Å². The third-order valence-electron chi connectivity index (χ3n) is 3.94. The van der Waals surface area contributed by atoms with Crippen molar-refractivity contribution in [2.45, 2.75) is 0 Å². The molecular formula is C21H18OP+. The van der Waals surface area contributed by atoms with Crippen LogP contribution in [0.1, 0.15) is 0 Å². The molecule has 3 aromatic carbocycles. The van der Waals surface area contributed by atoms with Crippen molar-refractivity contribution in [3.8, 4) is 0 Å². The summed E-state index contributed by atoms with van der Waals surface area (Å²) in [5, 5.41) is 3.17. The van der Waals surface area contributed by atoms with Crippen molar-refractivity contribution >= 4 is 28.7 Å². The highest BCUT2D eigenvalue weighted by Gasteiger charge is 2.51. The highest BCUT2D eigenvalue weighted by atomic mass is 31.2. The largest absolute Gasteiger partial charge is 0.305 e. The smallest absolute Gasteiger partial charge is 0.247 e. The Bertz CT molecular complexity index is 698. The molecule has 0 aliphatic heterocycles. The number of carbonyl (C=O) groups is 1. The minimum absolute atomic E-state index is 0.0844. The maximum atomic E-state index is 13.2. The van der Waals surface area contributed by atoms with Crippen LogP contribution in [0.2, 0.25) is 0 Å². The number of benzene rings is 3. The van der Waals surface area contributed by atoms with Gasteiger partial charge in [0.2, 0.25) is 0 Å². The van der Waals surface area contributed by atoms with Gasteiger partial charge < -0.3 is 0 Å². The van der Waals surface area contributed by atoms with E-state index in [2.05, 4.69) is 43.0 Å². The predicted molar refractivity (Wildman–Crippen MR) is 100 cm³/mol. The monoisotopic (exact) mass is 317 g/mol. The number of rotatable bonds is 5. The lowest BCUT2D eigenvalue weighted by Crippen LogP contribution is -2.35. The molecular weight excluding hydrogens is 299 g/mol. The van der Waals surface area contributed by atoms with E-state index in [4.69, 9.17) is 0 Å². The highest BCUT2D eigenvalue weighted by Crippen LogP contribution is 2.56. The summed E-state index contributed by atoms with van der Waals surface area (Å²) in [6.07, 6.45) is 1.47. The standard InChI is InChI=1S/C21H18OP/c1-2-21(22)23(18-12-6-3-7-13-18,19-14-8-4-9-15-19)20-16-10-5-11-17-20/h2-17H,1H2/q+1. The fourth-order valence-corrected chi connectivity index (χ4v) is 6.71. The van der Waals surface area contributed by atoms with Gasteiger partial charge in [0.25, 0.3) is 0 Å². The molecule has 112 valence electrons. The van der Waals surface area contributed by atoms with E-state index in [0.717, 1.165) is 15.9 Å². The molecule has 0 unspecified atom stereocenters. The first kappa shape index (κ1) is 15.4. The number of carbonyl (C=O) groups excluding carboxylic acids is 1. The molecule has 0 bridgehead atoms. The summed E-state index contributed by atoms with van der Waals surface area (Å²) >= 11 is 0. The van der Waals surface area contributed by atoms with Crippen LogP contribution in [0.25, 0.3) is 0 Å². The number of hydrogen-bond donors (Lipinski definition) is 0. The van der Waals surface area contributed by atoms with E-state index < -0.39 is 7.26 Å². The van der Waals surface area contributed by atoms with Gasteiger partial charge in [-0.1, -0.05) is 61.2 Å². The first-order valence-electron chi connectivity index (χ1n) is 7.53. The molecule has 0 aliphatic carbocycles. The van der Waals surface area contributed by atoms with Crippen molar-refractivity contribution in [3.05, 3.63) is 104 Å². The molecule has 0 aliphatic rings. The molecule has 0 atom stereocenters. The summed E-state index contributed by atoms with van der Waals surface area (Å²) < 4.78 is 0. The van der Waals surface area contributed by atoms with Crippen LogP contribution in [0.3, 0.4) is 0 Å². The molecule has 0 heterocycles. The van der Waals surface area contributed by atoms with E-state index in [9.17, 15) is 4.79 Å². The Morgan fingerprint density at radius 3 is 1.22 bits per heavy atom. The number of hydrogen-bond acceptors (Lipinski definition) is 1. The van der Waals surface area contributed by atoms with Crippen LogP contribution in [-0.2, 0) is 4.79 Å². The normalized spacial score (nSPS) is 11.0. The Labute approximate surface area is 137 Å². The van der Waals surface area contributed by atoms with E-state index in [-0.39, 0.29) is 5.52 Å². The van der Waals surface area contributed by atoms with E-state index in [1.807, 2.05) is 54.6 Å². The molecule has 0 fully saturated rings. The molecule has 0 radical (unpaired) electrons. The third kappa shape index (κ3) is 2.65. The zero-order chi connectivity index (χ0) is 16.1. The first-order valence-corrected chi connectivity index (χ1v) is 9.32. The molecule has 0 aromatic heterocycles. The van der Waals surface area contributed by atoms with Gasteiger partial charge in [-0.3, -0.25) is 0 Å². The summed E-state index contributed by atoms with van der Waals surface area (Å²) in [6, 6.07) is 30.2. The van der Waals surface area contributed by atoms with Gasteiger partial charge in [-0.15, -0.1) is 0 Å². The maximum Gasteiger partial charge on any atom is 0.305 e. The Hall–Kier alpha value is -2.50.